The second-order valence-corrected chi connectivity index (χ2v) is 12.6. The largest absolute Gasteiger partial charge is 0.467 e. The summed E-state index contributed by atoms with van der Waals surface area (Å²) in [4.78, 5) is 19.3. The quantitative estimate of drug-likeness (QED) is 0.374. The minimum absolute atomic E-state index is 0.160. The van der Waals surface area contributed by atoms with Gasteiger partial charge in [0.15, 0.2) is 11.6 Å². The number of thiophene rings is 1. The fourth-order valence-electron chi connectivity index (χ4n) is 6.34. The number of methoxy groups -OCH3 is 1. The summed E-state index contributed by atoms with van der Waals surface area (Å²) in [5.41, 5.74) is 14.4. The monoisotopic (exact) mass is 634 g/mol. The molecule has 3 aliphatic rings. The van der Waals surface area contributed by atoms with Gasteiger partial charge in [-0.05, 0) is 49.7 Å². The minimum Gasteiger partial charge on any atom is -0.467 e. The molecule has 11 nitrogen and oxygen atoms in total. The van der Waals surface area contributed by atoms with Crippen LogP contribution in [0.4, 0.5) is 26.8 Å². The molecule has 3 aromatic rings. The number of nitrogen functional groups attached to an aromatic ring is 2. The zero-order valence-corrected chi connectivity index (χ0v) is 27.7. The molecular formula is C32H43FN10OS. The van der Waals surface area contributed by atoms with E-state index in [0.29, 0.717) is 59.3 Å². The Balaban J connectivity index is 0.000000352. The average Bonchev–Trinajstić information content (AvgIpc) is 3.74. The van der Waals surface area contributed by atoms with Gasteiger partial charge in [0.2, 0.25) is 0 Å². The zero-order chi connectivity index (χ0) is 32.9. The summed E-state index contributed by atoms with van der Waals surface area (Å²) >= 11 is 1.37. The topological polar surface area (TPSA) is 157 Å². The molecule has 240 valence electrons. The van der Waals surface area contributed by atoms with Crippen molar-refractivity contribution < 1.29 is 9.13 Å². The maximum atomic E-state index is 12.6. The number of aromatic nitrogens is 3. The maximum absolute atomic E-state index is 12.6. The first-order chi connectivity index (χ1) is 21.6. The molecule has 3 atom stereocenters. The van der Waals surface area contributed by atoms with Gasteiger partial charge in [-0.15, -0.1) is 11.3 Å². The molecular weight excluding hydrogens is 591 g/mol. The van der Waals surface area contributed by atoms with Crippen LogP contribution in [0.1, 0.15) is 75.3 Å². The molecule has 3 saturated heterocycles. The fourth-order valence-corrected chi connectivity index (χ4v) is 7.26. The van der Waals surface area contributed by atoms with Gasteiger partial charge in [0.1, 0.15) is 34.7 Å². The van der Waals surface area contributed by atoms with E-state index in [1.54, 1.807) is 6.20 Å². The summed E-state index contributed by atoms with van der Waals surface area (Å²) in [5.74, 6) is 1.34. The van der Waals surface area contributed by atoms with Crippen LogP contribution >= 0.6 is 11.3 Å². The molecule has 0 bridgehead atoms. The number of fused-ring (bicyclic) bond motifs is 1. The molecule has 3 aliphatic heterocycles. The number of hydrogen-bond donors (Lipinski definition) is 2. The van der Waals surface area contributed by atoms with Crippen LogP contribution in [-0.2, 0) is 5.41 Å². The molecule has 13 heteroatoms. The molecule has 0 radical (unpaired) electrons. The number of hydrogen-bond acceptors (Lipinski definition) is 12. The molecule has 0 aromatic carbocycles. The summed E-state index contributed by atoms with van der Waals surface area (Å²) in [6, 6.07) is 8.78. The number of rotatable bonds is 6. The highest BCUT2D eigenvalue weighted by Gasteiger charge is 2.45. The average molecular weight is 635 g/mol. The van der Waals surface area contributed by atoms with Crippen LogP contribution in [-0.4, -0.2) is 72.4 Å². The second kappa shape index (κ2) is 14.3. The number of halogens is 1. The van der Waals surface area contributed by atoms with E-state index in [9.17, 15) is 14.9 Å². The molecule has 6 heterocycles. The first kappa shape index (κ1) is 33.7. The Labute approximate surface area is 269 Å². The molecule has 4 N–H and O–H groups in total. The van der Waals surface area contributed by atoms with E-state index in [4.69, 9.17) is 16.2 Å². The summed E-state index contributed by atoms with van der Waals surface area (Å²) in [7, 11) is 3.34. The van der Waals surface area contributed by atoms with E-state index in [1.165, 1.54) is 31.3 Å². The predicted octanol–water partition coefficient (Wildman–Crippen LogP) is 5.04. The lowest BCUT2D eigenvalue weighted by atomic mass is 9.75. The molecule has 0 aliphatic carbocycles. The van der Waals surface area contributed by atoms with Crippen molar-refractivity contribution in [3.63, 3.8) is 0 Å². The van der Waals surface area contributed by atoms with E-state index in [2.05, 4.69) is 38.9 Å². The number of nitrogens with zero attached hydrogens (tertiary/aromatic N) is 8. The van der Waals surface area contributed by atoms with Crippen LogP contribution in [0, 0.1) is 22.7 Å². The van der Waals surface area contributed by atoms with Gasteiger partial charge in [-0.2, -0.15) is 20.5 Å². The van der Waals surface area contributed by atoms with Crippen molar-refractivity contribution in [3.05, 3.63) is 46.0 Å². The number of pyridine rings is 1. The predicted molar refractivity (Wildman–Crippen MR) is 177 cm³/mol. The van der Waals surface area contributed by atoms with E-state index in [0.717, 1.165) is 24.1 Å². The Kier molecular flexibility index (Phi) is 10.7. The number of nitriles is 2. The van der Waals surface area contributed by atoms with Crippen LogP contribution in [0.3, 0.4) is 0 Å². The Morgan fingerprint density at radius 2 is 1.91 bits per heavy atom. The van der Waals surface area contributed by atoms with E-state index in [1.807, 2.05) is 55.1 Å². The van der Waals surface area contributed by atoms with Crippen LogP contribution in [0.2, 0.25) is 0 Å². The van der Waals surface area contributed by atoms with Crippen molar-refractivity contribution >= 4 is 33.8 Å². The van der Waals surface area contributed by atoms with Crippen LogP contribution in [0.25, 0.3) is 0 Å². The lowest BCUT2D eigenvalue weighted by Crippen LogP contribution is -2.58. The van der Waals surface area contributed by atoms with Gasteiger partial charge in [0.25, 0.3) is 0 Å². The number of nitrogens with two attached hydrogens (primary N) is 2. The van der Waals surface area contributed by atoms with Gasteiger partial charge in [-0.1, -0.05) is 26.8 Å². The van der Waals surface area contributed by atoms with Crippen molar-refractivity contribution in [1.82, 2.24) is 19.9 Å². The number of alkyl halides is 1. The molecule has 0 amide bonds. The second-order valence-electron chi connectivity index (χ2n) is 11.7. The third kappa shape index (κ3) is 6.75. The molecule has 1 unspecified atom stereocenters. The Morgan fingerprint density at radius 3 is 2.53 bits per heavy atom. The van der Waals surface area contributed by atoms with Gasteiger partial charge in [0, 0.05) is 49.9 Å². The first-order valence-corrected chi connectivity index (χ1v) is 16.2. The third-order valence-electron chi connectivity index (χ3n) is 8.80. The highest BCUT2D eigenvalue weighted by atomic mass is 32.1. The normalized spacial score (nSPS) is 20.2. The van der Waals surface area contributed by atoms with E-state index < -0.39 is 6.17 Å². The highest BCUT2D eigenvalue weighted by molar-refractivity contribution is 7.14. The van der Waals surface area contributed by atoms with Crippen molar-refractivity contribution in [2.24, 2.45) is 0 Å². The van der Waals surface area contributed by atoms with Crippen molar-refractivity contribution in [3.8, 4) is 18.1 Å². The van der Waals surface area contributed by atoms with Gasteiger partial charge in [-0.25, -0.2) is 9.37 Å². The Morgan fingerprint density at radius 1 is 1.20 bits per heavy atom. The van der Waals surface area contributed by atoms with Crippen LogP contribution < -0.4 is 26.0 Å². The minimum atomic E-state index is -0.518. The van der Waals surface area contributed by atoms with Crippen LogP contribution in [0.5, 0.6) is 6.01 Å². The van der Waals surface area contributed by atoms with E-state index >= 15 is 0 Å². The maximum Gasteiger partial charge on any atom is 0.320 e. The summed E-state index contributed by atoms with van der Waals surface area (Å²) in [6.45, 7) is 11.0. The highest BCUT2D eigenvalue weighted by Crippen LogP contribution is 2.44. The fraction of sp³-hybridized carbons (Fsp3) is 0.531. The first-order valence-electron chi connectivity index (χ1n) is 15.3. The van der Waals surface area contributed by atoms with Gasteiger partial charge in [-0.3, -0.25) is 4.90 Å². The van der Waals surface area contributed by atoms with Crippen LogP contribution in [0.15, 0.2) is 23.7 Å². The SMILES string of the molecule is CC.COc1nc(N2CC(C)(c3csc(N)c3C#N)C2)c(C#N)c(N(C)[C@H](C)c2cccnc2N)n1.F[C@@H]1CC2CCCN2C1. The zero-order valence-electron chi connectivity index (χ0n) is 26.9. The van der Waals surface area contributed by atoms with Gasteiger partial charge < -0.3 is 26.0 Å². The lowest BCUT2D eigenvalue weighted by molar-refractivity contribution is 0.292. The molecule has 0 saturated carbocycles. The molecule has 0 spiro atoms. The Bertz CT molecular complexity index is 1550. The summed E-state index contributed by atoms with van der Waals surface area (Å²) in [6.07, 6.45) is 4.45. The summed E-state index contributed by atoms with van der Waals surface area (Å²) in [5, 5.41) is 22.1. The smallest absolute Gasteiger partial charge is 0.320 e. The molecule has 6 rings (SSSR count). The lowest BCUT2D eigenvalue weighted by Gasteiger charge is -2.49. The van der Waals surface area contributed by atoms with Crippen molar-refractivity contribution in [2.45, 2.75) is 70.6 Å². The molecule has 3 aromatic heterocycles. The third-order valence-corrected chi connectivity index (χ3v) is 9.61. The van der Waals surface area contributed by atoms with Gasteiger partial charge >= 0.3 is 6.01 Å². The standard InChI is InChI=1S/C23H25N9OS.C7H12FN.C2H6/c1-13(14-6-5-7-28-18(14)26)31(3)20-16(9-25)21(30-22(29-20)33-4)32-11-23(2,12-32)17-10-34-19(27)15(17)8-24;8-6-4-7-2-1-3-9(7)5-6;1-2/h5-7,10,13H,11-12,27H2,1-4H3,(H2,26,28);6-7H,1-5H2;1-2H3/t13-;6-,7?;/m11./s1. The van der Waals surface area contributed by atoms with E-state index in [-0.39, 0.29) is 17.5 Å². The molecule has 45 heavy (non-hydrogen) atoms. The van der Waals surface area contributed by atoms with Gasteiger partial charge in [0.05, 0.1) is 18.7 Å². The summed E-state index contributed by atoms with van der Waals surface area (Å²) < 4.78 is 18.0. The number of ether oxygens (including phenoxy) is 1. The molecule has 3 fully saturated rings. The van der Waals surface area contributed by atoms with Crippen molar-refractivity contribution in [1.29, 1.82) is 10.5 Å². The Hall–Kier alpha value is -4.20. The van der Waals surface area contributed by atoms with Crippen molar-refractivity contribution in [2.75, 3.05) is 61.6 Å². The number of anilines is 4.